The van der Waals surface area contributed by atoms with Crippen LogP contribution >= 0.6 is 0 Å². The van der Waals surface area contributed by atoms with Crippen molar-refractivity contribution in [3.63, 3.8) is 0 Å². The molecule has 0 heterocycles. The van der Waals surface area contributed by atoms with Crippen LogP contribution in [0.5, 0.6) is 0 Å². The molecule has 0 radical (unpaired) electrons. The number of hydrogen-bond donors (Lipinski definition) is 0. The number of carbonyl (C=O) groups is 1. The third kappa shape index (κ3) is 5.40. The quantitative estimate of drug-likeness (QED) is 0.519. The third-order valence-electron chi connectivity index (χ3n) is 2.26. The van der Waals surface area contributed by atoms with E-state index >= 15 is 0 Å². The third-order valence-corrected chi connectivity index (χ3v) is 2.26. The van der Waals surface area contributed by atoms with E-state index in [1.165, 1.54) is 25.7 Å². The fourth-order valence-electron chi connectivity index (χ4n) is 1.45. The van der Waals surface area contributed by atoms with Crippen LogP contribution < -0.4 is 0 Å². The van der Waals surface area contributed by atoms with Gasteiger partial charge in [-0.25, -0.2) is 0 Å². The van der Waals surface area contributed by atoms with Gasteiger partial charge in [0.15, 0.2) is 5.78 Å². The highest BCUT2D eigenvalue weighted by molar-refractivity contribution is 5.90. The first-order valence-corrected chi connectivity index (χ1v) is 5.24. The van der Waals surface area contributed by atoms with Gasteiger partial charge in [-0.3, -0.25) is 4.79 Å². The lowest BCUT2D eigenvalue weighted by Crippen LogP contribution is -1.95. The number of rotatable bonds is 0. The second-order valence-corrected chi connectivity index (χ2v) is 3.52. The Morgan fingerprint density at radius 1 is 0.846 bits per heavy atom. The first-order chi connectivity index (χ1) is 6.39. The van der Waals surface area contributed by atoms with Gasteiger partial charge >= 0.3 is 0 Å². The molecule has 1 nitrogen and oxygen atoms in total. The van der Waals surface area contributed by atoms with E-state index in [4.69, 9.17) is 0 Å². The Morgan fingerprint density at radius 3 is 1.69 bits per heavy atom. The van der Waals surface area contributed by atoms with Crippen LogP contribution in [0, 0.1) is 0 Å². The minimum Gasteiger partial charge on any atom is -0.295 e. The van der Waals surface area contributed by atoms with E-state index in [1.807, 2.05) is 6.08 Å². The molecular formula is C12H18O. The molecule has 0 spiro atoms. The molecule has 0 aromatic carbocycles. The normalized spacial score (nSPS) is 20.8. The molecule has 2 aliphatic carbocycles. The summed E-state index contributed by atoms with van der Waals surface area (Å²) < 4.78 is 0. The van der Waals surface area contributed by atoms with E-state index < -0.39 is 0 Å². The maximum atomic E-state index is 10.4. The lowest BCUT2D eigenvalue weighted by Gasteiger charge is -1.97. The monoisotopic (exact) mass is 178 g/mol. The van der Waals surface area contributed by atoms with Crippen molar-refractivity contribution in [3.8, 4) is 0 Å². The molecule has 0 N–H and O–H groups in total. The summed E-state index contributed by atoms with van der Waals surface area (Å²) in [5, 5.41) is 0. The van der Waals surface area contributed by atoms with E-state index in [9.17, 15) is 4.79 Å². The predicted octanol–water partition coefficient (Wildman–Crippen LogP) is 3.41. The highest BCUT2D eigenvalue weighted by atomic mass is 16.1. The molecule has 0 bridgehead atoms. The van der Waals surface area contributed by atoms with Crippen LogP contribution in [0.1, 0.15) is 44.9 Å². The van der Waals surface area contributed by atoms with Gasteiger partial charge in [0.1, 0.15) is 0 Å². The van der Waals surface area contributed by atoms with Gasteiger partial charge in [0.2, 0.25) is 0 Å². The van der Waals surface area contributed by atoms with Gasteiger partial charge in [0.05, 0.1) is 0 Å². The molecule has 0 atom stereocenters. The summed E-state index contributed by atoms with van der Waals surface area (Å²) in [6, 6.07) is 0. The molecule has 2 aliphatic rings. The Kier molecular flexibility index (Phi) is 5.23. The average molecular weight is 178 g/mol. The molecule has 0 saturated carbocycles. The zero-order valence-corrected chi connectivity index (χ0v) is 8.17. The molecular weight excluding hydrogens is 160 g/mol. The summed E-state index contributed by atoms with van der Waals surface area (Å²) >= 11 is 0. The zero-order chi connectivity index (χ0) is 9.36. The average Bonchev–Trinajstić information content (AvgIpc) is 2.22. The maximum Gasteiger partial charge on any atom is 0.155 e. The van der Waals surface area contributed by atoms with E-state index in [2.05, 4.69) is 12.2 Å². The number of allylic oxidation sites excluding steroid dienone is 4. The molecule has 0 aliphatic heterocycles. The summed E-state index contributed by atoms with van der Waals surface area (Å²) in [6.07, 6.45) is 16.5. The smallest absolute Gasteiger partial charge is 0.155 e. The molecule has 0 aromatic rings. The molecule has 72 valence electrons. The van der Waals surface area contributed by atoms with Crippen LogP contribution in [0.4, 0.5) is 0 Å². The van der Waals surface area contributed by atoms with Crippen LogP contribution in [0.3, 0.4) is 0 Å². The van der Waals surface area contributed by atoms with E-state index in [1.54, 1.807) is 6.08 Å². The van der Waals surface area contributed by atoms with Crippen molar-refractivity contribution in [2.24, 2.45) is 0 Å². The molecule has 0 saturated heterocycles. The Bertz CT molecular complexity index is 193. The van der Waals surface area contributed by atoms with Gasteiger partial charge in [-0.1, -0.05) is 18.2 Å². The first-order valence-electron chi connectivity index (χ1n) is 5.24. The van der Waals surface area contributed by atoms with Crippen LogP contribution in [0.15, 0.2) is 24.3 Å². The lowest BCUT2D eigenvalue weighted by atomic mass is 10.1. The SMILES string of the molecule is C1=CCCCC1.O=C1C=CCCC1. The Morgan fingerprint density at radius 2 is 1.46 bits per heavy atom. The first kappa shape index (κ1) is 10.2. The number of carbonyl (C=O) groups excluding carboxylic acids is 1. The standard InChI is InChI=1S/C6H8O.C6H10/c7-6-4-2-1-3-5-6;1-2-4-6-5-3-1/h2,4H,1,3,5H2;1-2H,3-6H2. The number of hydrogen-bond acceptors (Lipinski definition) is 1. The van der Waals surface area contributed by atoms with Crippen LogP contribution in [0.2, 0.25) is 0 Å². The molecule has 0 aromatic heterocycles. The Balaban J connectivity index is 0.000000132. The maximum absolute atomic E-state index is 10.4. The van der Waals surface area contributed by atoms with Crippen molar-refractivity contribution in [1.29, 1.82) is 0 Å². The predicted molar refractivity (Wildman–Crippen MR) is 55.6 cm³/mol. The fourth-order valence-corrected chi connectivity index (χ4v) is 1.45. The summed E-state index contributed by atoms with van der Waals surface area (Å²) in [7, 11) is 0. The highest BCUT2D eigenvalue weighted by Gasteiger charge is 1.98. The highest BCUT2D eigenvalue weighted by Crippen LogP contribution is 2.07. The molecule has 13 heavy (non-hydrogen) atoms. The summed E-state index contributed by atoms with van der Waals surface area (Å²) in [5.74, 6) is 0.284. The van der Waals surface area contributed by atoms with Crippen LogP contribution in [0.25, 0.3) is 0 Å². The van der Waals surface area contributed by atoms with Gasteiger partial charge in [0.25, 0.3) is 0 Å². The summed E-state index contributed by atoms with van der Waals surface area (Å²) in [5.41, 5.74) is 0. The van der Waals surface area contributed by atoms with Crippen molar-refractivity contribution < 1.29 is 4.79 Å². The fraction of sp³-hybridized carbons (Fsp3) is 0.583. The summed E-state index contributed by atoms with van der Waals surface area (Å²) in [6.45, 7) is 0. The van der Waals surface area contributed by atoms with Gasteiger partial charge in [-0.15, -0.1) is 0 Å². The Hall–Kier alpha value is -0.850. The molecule has 0 amide bonds. The van der Waals surface area contributed by atoms with Crippen molar-refractivity contribution in [2.45, 2.75) is 44.9 Å². The van der Waals surface area contributed by atoms with Gasteiger partial charge in [-0.2, -0.15) is 0 Å². The summed E-state index contributed by atoms with van der Waals surface area (Å²) in [4.78, 5) is 10.4. The van der Waals surface area contributed by atoms with Crippen LogP contribution in [-0.4, -0.2) is 5.78 Å². The lowest BCUT2D eigenvalue weighted by molar-refractivity contribution is -0.114. The second kappa shape index (κ2) is 6.64. The van der Waals surface area contributed by atoms with Crippen molar-refractivity contribution in [1.82, 2.24) is 0 Å². The molecule has 2 rings (SSSR count). The largest absolute Gasteiger partial charge is 0.295 e. The van der Waals surface area contributed by atoms with Crippen molar-refractivity contribution >= 4 is 5.78 Å². The van der Waals surface area contributed by atoms with Crippen LogP contribution in [-0.2, 0) is 4.79 Å². The minimum atomic E-state index is 0.284. The molecule has 0 fully saturated rings. The van der Waals surface area contributed by atoms with Crippen molar-refractivity contribution in [2.75, 3.05) is 0 Å². The van der Waals surface area contributed by atoms with E-state index in [-0.39, 0.29) is 5.78 Å². The van der Waals surface area contributed by atoms with E-state index in [0.717, 1.165) is 19.3 Å². The minimum absolute atomic E-state index is 0.284. The topological polar surface area (TPSA) is 17.1 Å². The van der Waals surface area contributed by atoms with Gasteiger partial charge in [-0.05, 0) is 44.6 Å². The zero-order valence-electron chi connectivity index (χ0n) is 8.17. The molecule has 0 unspecified atom stereocenters. The van der Waals surface area contributed by atoms with Gasteiger partial charge < -0.3 is 0 Å². The number of ketones is 1. The molecule has 1 heteroatoms. The van der Waals surface area contributed by atoms with E-state index in [0.29, 0.717) is 0 Å². The second-order valence-electron chi connectivity index (χ2n) is 3.52. The van der Waals surface area contributed by atoms with Gasteiger partial charge in [0, 0.05) is 6.42 Å². The Labute approximate surface area is 80.5 Å². The van der Waals surface area contributed by atoms with Crippen molar-refractivity contribution in [3.05, 3.63) is 24.3 Å².